The van der Waals surface area contributed by atoms with Crippen molar-refractivity contribution in [2.45, 2.75) is 6.42 Å². The number of pyridine rings is 1. The number of carbonyl (C=O) groups excluding carboxylic acids is 1. The van der Waals surface area contributed by atoms with Crippen LogP contribution in [0.2, 0.25) is 0 Å². The van der Waals surface area contributed by atoms with Gasteiger partial charge in [-0.05, 0) is 11.5 Å². The fourth-order valence-corrected chi connectivity index (χ4v) is 2.69. The molecule has 4 nitrogen and oxygen atoms in total. The van der Waals surface area contributed by atoms with Crippen molar-refractivity contribution < 1.29 is 14.3 Å². The monoisotopic (exact) mass is 307 g/mol. The maximum absolute atomic E-state index is 11.9. The molecule has 0 unspecified atom stereocenters. The van der Waals surface area contributed by atoms with Crippen LogP contribution in [0.25, 0.3) is 10.8 Å². The number of benzene rings is 2. The van der Waals surface area contributed by atoms with Crippen molar-refractivity contribution >= 4 is 16.7 Å². The fraction of sp³-hybridized carbons (Fsp3) is 0.158. The lowest BCUT2D eigenvalue weighted by molar-refractivity contribution is 0.0602. The highest BCUT2D eigenvalue weighted by molar-refractivity contribution is 6.04. The smallest absolute Gasteiger partial charge is 0.340 e. The number of nitrogens with zero attached hydrogens (tertiary/aromatic N) is 1. The molecule has 0 amide bonds. The number of hydrogen-bond donors (Lipinski definition) is 0. The van der Waals surface area contributed by atoms with E-state index in [9.17, 15) is 4.79 Å². The molecule has 0 saturated heterocycles. The number of carbonyl (C=O) groups is 1. The van der Waals surface area contributed by atoms with Gasteiger partial charge >= 0.3 is 5.97 Å². The second-order valence-corrected chi connectivity index (χ2v) is 5.14. The van der Waals surface area contributed by atoms with Gasteiger partial charge in [0.05, 0.1) is 25.5 Å². The Kier molecular flexibility index (Phi) is 4.24. The van der Waals surface area contributed by atoms with Crippen molar-refractivity contribution in [3.63, 3.8) is 0 Å². The maximum atomic E-state index is 11.9. The first-order chi connectivity index (χ1) is 11.2. The van der Waals surface area contributed by atoms with E-state index in [0.29, 0.717) is 12.0 Å². The van der Waals surface area contributed by atoms with E-state index >= 15 is 0 Å². The third-order valence-electron chi connectivity index (χ3n) is 3.83. The molecule has 0 aliphatic carbocycles. The summed E-state index contributed by atoms with van der Waals surface area (Å²) < 4.78 is 10.2. The predicted molar refractivity (Wildman–Crippen MR) is 88.9 cm³/mol. The Morgan fingerprint density at radius 3 is 2.43 bits per heavy atom. The predicted octanol–water partition coefficient (Wildman–Crippen LogP) is 3.62. The summed E-state index contributed by atoms with van der Waals surface area (Å²) in [6.07, 6.45) is 2.21. The van der Waals surface area contributed by atoms with E-state index in [-0.39, 0.29) is 5.97 Å². The van der Waals surface area contributed by atoms with Crippen LogP contribution in [-0.4, -0.2) is 25.2 Å². The third-order valence-corrected chi connectivity index (χ3v) is 3.83. The Bertz CT molecular complexity index is 858. The minimum Gasteiger partial charge on any atom is -0.496 e. The molecule has 1 aromatic heterocycles. The van der Waals surface area contributed by atoms with E-state index in [0.717, 1.165) is 27.8 Å². The number of rotatable bonds is 4. The van der Waals surface area contributed by atoms with Crippen molar-refractivity contribution in [3.05, 3.63) is 71.5 Å². The average molecular weight is 307 g/mol. The Hall–Kier alpha value is -2.88. The molecule has 0 saturated carbocycles. The zero-order valence-corrected chi connectivity index (χ0v) is 13.1. The van der Waals surface area contributed by atoms with Gasteiger partial charge in [0.1, 0.15) is 5.75 Å². The highest BCUT2D eigenvalue weighted by Crippen LogP contribution is 2.26. The Morgan fingerprint density at radius 1 is 1.00 bits per heavy atom. The minimum absolute atomic E-state index is 0.377. The lowest BCUT2D eigenvalue weighted by Gasteiger charge is -2.11. The van der Waals surface area contributed by atoms with Gasteiger partial charge in [-0.25, -0.2) is 4.79 Å². The molecular weight excluding hydrogens is 290 g/mol. The molecule has 116 valence electrons. The van der Waals surface area contributed by atoms with Crippen molar-refractivity contribution in [3.8, 4) is 5.75 Å². The summed E-state index contributed by atoms with van der Waals surface area (Å²) >= 11 is 0. The molecule has 0 spiro atoms. The number of esters is 1. The van der Waals surface area contributed by atoms with Gasteiger partial charge in [0, 0.05) is 23.6 Å². The second kappa shape index (κ2) is 6.48. The zero-order valence-electron chi connectivity index (χ0n) is 13.1. The molecule has 0 N–H and O–H groups in total. The molecule has 4 heteroatoms. The molecular formula is C19H17NO3. The quantitative estimate of drug-likeness (QED) is 0.691. The first-order valence-electron chi connectivity index (χ1n) is 7.31. The Balaban J connectivity index is 2.11. The van der Waals surface area contributed by atoms with E-state index < -0.39 is 0 Å². The molecule has 3 rings (SSSR count). The van der Waals surface area contributed by atoms with Crippen molar-refractivity contribution in [2.75, 3.05) is 14.2 Å². The Labute approximate surface area is 134 Å². The largest absolute Gasteiger partial charge is 0.496 e. The van der Waals surface area contributed by atoms with Crippen molar-refractivity contribution in [1.29, 1.82) is 0 Å². The highest BCUT2D eigenvalue weighted by atomic mass is 16.5. The van der Waals surface area contributed by atoms with Crippen LogP contribution in [0.5, 0.6) is 5.75 Å². The molecule has 0 atom stereocenters. The van der Waals surface area contributed by atoms with E-state index in [1.807, 2.05) is 48.5 Å². The molecule has 0 fully saturated rings. The van der Waals surface area contributed by atoms with Crippen molar-refractivity contribution in [1.82, 2.24) is 4.98 Å². The van der Waals surface area contributed by atoms with Gasteiger partial charge in [0.15, 0.2) is 0 Å². The minimum atomic E-state index is -0.377. The maximum Gasteiger partial charge on any atom is 0.340 e. The highest BCUT2D eigenvalue weighted by Gasteiger charge is 2.14. The van der Waals surface area contributed by atoms with Gasteiger partial charge in [-0.2, -0.15) is 0 Å². The molecule has 2 aromatic carbocycles. The van der Waals surface area contributed by atoms with Crippen molar-refractivity contribution in [2.24, 2.45) is 0 Å². The zero-order chi connectivity index (χ0) is 16.2. The van der Waals surface area contributed by atoms with Crippen LogP contribution in [-0.2, 0) is 11.2 Å². The van der Waals surface area contributed by atoms with E-state index in [2.05, 4.69) is 4.98 Å². The van der Waals surface area contributed by atoms with Gasteiger partial charge in [-0.1, -0.05) is 42.5 Å². The summed E-state index contributed by atoms with van der Waals surface area (Å²) in [6, 6.07) is 15.6. The van der Waals surface area contributed by atoms with Gasteiger partial charge in [-0.3, -0.25) is 4.98 Å². The number of ether oxygens (including phenoxy) is 2. The molecule has 3 aromatic rings. The van der Waals surface area contributed by atoms with Gasteiger partial charge in [0.25, 0.3) is 0 Å². The first kappa shape index (κ1) is 15.0. The lowest BCUT2D eigenvalue weighted by atomic mass is 10.0. The summed E-state index contributed by atoms with van der Waals surface area (Å²) in [4.78, 5) is 16.4. The number of hydrogen-bond acceptors (Lipinski definition) is 4. The average Bonchev–Trinajstić information content (AvgIpc) is 2.62. The van der Waals surface area contributed by atoms with Crippen LogP contribution in [0.4, 0.5) is 0 Å². The second-order valence-electron chi connectivity index (χ2n) is 5.14. The van der Waals surface area contributed by atoms with E-state index in [4.69, 9.17) is 9.47 Å². The molecule has 23 heavy (non-hydrogen) atoms. The van der Waals surface area contributed by atoms with Crippen LogP contribution in [0.1, 0.15) is 21.6 Å². The number of para-hydroxylation sites is 1. The topological polar surface area (TPSA) is 48.4 Å². The summed E-state index contributed by atoms with van der Waals surface area (Å²) in [6.45, 7) is 0. The first-order valence-corrected chi connectivity index (χ1v) is 7.31. The van der Waals surface area contributed by atoms with Gasteiger partial charge in [-0.15, -0.1) is 0 Å². The van der Waals surface area contributed by atoms with Crippen LogP contribution in [0.15, 0.2) is 54.7 Å². The lowest BCUT2D eigenvalue weighted by Crippen LogP contribution is -2.05. The molecule has 0 aliphatic heterocycles. The molecule has 1 heterocycles. The summed E-state index contributed by atoms with van der Waals surface area (Å²) in [7, 11) is 3.03. The molecule has 0 bridgehead atoms. The van der Waals surface area contributed by atoms with E-state index in [1.54, 1.807) is 13.3 Å². The van der Waals surface area contributed by atoms with Crippen LogP contribution < -0.4 is 4.74 Å². The summed E-state index contributed by atoms with van der Waals surface area (Å²) in [5, 5.41) is 1.79. The normalized spacial score (nSPS) is 10.5. The van der Waals surface area contributed by atoms with E-state index in [1.165, 1.54) is 7.11 Å². The molecule has 0 radical (unpaired) electrons. The summed E-state index contributed by atoms with van der Waals surface area (Å²) in [5.41, 5.74) is 2.43. The van der Waals surface area contributed by atoms with Gasteiger partial charge in [0.2, 0.25) is 0 Å². The number of aromatic nitrogens is 1. The third kappa shape index (κ3) is 2.88. The van der Waals surface area contributed by atoms with Crippen LogP contribution in [0.3, 0.4) is 0 Å². The number of methoxy groups -OCH3 is 2. The Morgan fingerprint density at radius 2 is 1.70 bits per heavy atom. The SMILES string of the molecule is COC(=O)c1cnc(Cc2ccccc2OC)c2ccccc12. The standard InChI is InChI=1S/C19H17NO3/c1-22-18-10-6-3-7-13(18)11-17-15-9-5-4-8-14(15)16(12-20-17)19(21)23-2/h3-10,12H,11H2,1-2H3. The van der Waals surface area contributed by atoms with Crippen LogP contribution in [0, 0.1) is 0 Å². The fourth-order valence-electron chi connectivity index (χ4n) is 2.69. The molecule has 0 aliphatic rings. The number of fused-ring (bicyclic) bond motifs is 1. The van der Waals surface area contributed by atoms with Gasteiger partial charge < -0.3 is 9.47 Å². The summed E-state index contributed by atoms with van der Waals surface area (Å²) in [5.74, 6) is 0.452. The van der Waals surface area contributed by atoms with Crippen LogP contribution >= 0.6 is 0 Å².